The van der Waals surface area contributed by atoms with Gasteiger partial charge in [0, 0.05) is 13.1 Å². The second kappa shape index (κ2) is 6.61. The Balaban J connectivity index is 1.74. The number of carboxylic acid groups (broad SMARTS) is 1. The third-order valence-electron chi connectivity index (χ3n) is 5.09. The highest BCUT2D eigenvalue weighted by atomic mass is 32.2. The van der Waals surface area contributed by atoms with Gasteiger partial charge in [0.2, 0.25) is 10.0 Å². The number of carbonyl (C=O) groups is 1. The van der Waals surface area contributed by atoms with Gasteiger partial charge in [-0.3, -0.25) is 4.79 Å². The fraction of sp³-hybridized carbons (Fsp3) is 0.588. The molecule has 6 heteroatoms. The number of hydrogen-bond donors (Lipinski definition) is 1. The predicted octanol–water partition coefficient (Wildman–Crippen LogP) is 2.83. The molecule has 2 aliphatic rings. The van der Waals surface area contributed by atoms with E-state index < -0.39 is 21.9 Å². The molecule has 0 aromatic heterocycles. The van der Waals surface area contributed by atoms with E-state index in [4.69, 9.17) is 5.11 Å². The van der Waals surface area contributed by atoms with Crippen LogP contribution in [-0.2, 0) is 14.8 Å². The standard InChI is InChI=1S/C17H23NO4S/c19-17(20)15-10-11-18(12-15)23(21,22)16-8-6-14(7-9-16)13-4-2-1-3-5-13/h6-9,13,15H,1-5,10-12H2,(H,19,20). The van der Waals surface area contributed by atoms with Gasteiger partial charge in [0.15, 0.2) is 0 Å². The molecule has 3 rings (SSSR count). The van der Waals surface area contributed by atoms with Crippen LogP contribution in [0, 0.1) is 5.92 Å². The number of rotatable bonds is 4. The Morgan fingerprint density at radius 2 is 1.70 bits per heavy atom. The van der Waals surface area contributed by atoms with E-state index in [9.17, 15) is 13.2 Å². The van der Waals surface area contributed by atoms with Crippen LogP contribution in [0.1, 0.15) is 50.0 Å². The van der Waals surface area contributed by atoms with E-state index in [1.807, 2.05) is 12.1 Å². The normalized spacial score (nSPS) is 23.9. The highest BCUT2D eigenvalue weighted by Gasteiger charge is 2.35. The molecule has 1 atom stereocenters. The lowest BCUT2D eigenvalue weighted by Gasteiger charge is -2.22. The number of hydrogen-bond acceptors (Lipinski definition) is 3. The Morgan fingerprint density at radius 1 is 1.04 bits per heavy atom. The van der Waals surface area contributed by atoms with Gasteiger partial charge in [-0.2, -0.15) is 4.31 Å². The van der Waals surface area contributed by atoms with Crippen molar-refractivity contribution in [2.75, 3.05) is 13.1 Å². The first-order valence-electron chi connectivity index (χ1n) is 8.31. The van der Waals surface area contributed by atoms with E-state index in [0.717, 1.165) is 0 Å². The maximum absolute atomic E-state index is 12.6. The smallest absolute Gasteiger partial charge is 0.307 e. The second-order valence-electron chi connectivity index (χ2n) is 6.59. The molecule has 0 radical (unpaired) electrons. The molecule has 0 bridgehead atoms. The fourth-order valence-corrected chi connectivity index (χ4v) is 5.15. The van der Waals surface area contributed by atoms with Gasteiger partial charge in [-0.05, 0) is 42.9 Å². The summed E-state index contributed by atoms with van der Waals surface area (Å²) in [5.41, 5.74) is 1.22. The maximum atomic E-state index is 12.6. The van der Waals surface area contributed by atoms with Crippen molar-refractivity contribution in [1.29, 1.82) is 0 Å². The molecular weight excluding hydrogens is 314 g/mol. The van der Waals surface area contributed by atoms with Crippen molar-refractivity contribution in [2.45, 2.75) is 49.3 Å². The first-order valence-corrected chi connectivity index (χ1v) is 9.75. The fourth-order valence-electron chi connectivity index (χ4n) is 3.65. The summed E-state index contributed by atoms with van der Waals surface area (Å²) >= 11 is 0. The summed E-state index contributed by atoms with van der Waals surface area (Å²) in [6, 6.07) is 7.20. The Hall–Kier alpha value is -1.40. The van der Waals surface area contributed by atoms with Crippen LogP contribution >= 0.6 is 0 Å². The molecule has 1 saturated heterocycles. The summed E-state index contributed by atoms with van der Waals surface area (Å²) in [5.74, 6) is -0.967. The molecular formula is C17H23NO4S. The summed E-state index contributed by atoms with van der Waals surface area (Å²) in [6.45, 7) is 0.353. The molecule has 1 aromatic rings. The van der Waals surface area contributed by atoms with Crippen molar-refractivity contribution < 1.29 is 18.3 Å². The number of carboxylic acids is 1. The van der Waals surface area contributed by atoms with Crippen LogP contribution < -0.4 is 0 Å². The van der Waals surface area contributed by atoms with Gasteiger partial charge >= 0.3 is 5.97 Å². The van der Waals surface area contributed by atoms with Crippen molar-refractivity contribution in [3.8, 4) is 0 Å². The third kappa shape index (κ3) is 3.43. The first kappa shape index (κ1) is 16.5. The zero-order valence-corrected chi connectivity index (χ0v) is 14.0. The van der Waals surface area contributed by atoms with Gasteiger partial charge < -0.3 is 5.11 Å². The molecule has 0 amide bonds. The summed E-state index contributed by atoms with van der Waals surface area (Å²) in [7, 11) is -3.58. The van der Waals surface area contributed by atoms with E-state index in [2.05, 4.69) is 0 Å². The molecule has 1 unspecified atom stereocenters. The summed E-state index contributed by atoms with van der Waals surface area (Å²) in [6.07, 6.45) is 6.53. The zero-order valence-electron chi connectivity index (χ0n) is 13.1. The van der Waals surface area contributed by atoms with Gasteiger partial charge in [0.25, 0.3) is 0 Å². The van der Waals surface area contributed by atoms with Crippen molar-refractivity contribution >= 4 is 16.0 Å². The van der Waals surface area contributed by atoms with Crippen LogP contribution in [0.2, 0.25) is 0 Å². The molecule has 1 aromatic carbocycles. The highest BCUT2D eigenvalue weighted by Crippen LogP contribution is 2.33. The number of benzene rings is 1. The molecule has 23 heavy (non-hydrogen) atoms. The lowest BCUT2D eigenvalue weighted by atomic mass is 9.84. The van der Waals surface area contributed by atoms with Crippen LogP contribution in [0.4, 0.5) is 0 Å². The van der Waals surface area contributed by atoms with Gasteiger partial charge in [0.1, 0.15) is 0 Å². The first-order chi connectivity index (χ1) is 11.0. The molecule has 1 heterocycles. The van der Waals surface area contributed by atoms with Gasteiger partial charge in [-0.15, -0.1) is 0 Å². The van der Waals surface area contributed by atoms with Crippen LogP contribution in [0.15, 0.2) is 29.2 Å². The van der Waals surface area contributed by atoms with Crippen LogP contribution in [-0.4, -0.2) is 36.9 Å². The number of nitrogens with zero attached hydrogens (tertiary/aromatic N) is 1. The largest absolute Gasteiger partial charge is 0.481 e. The van der Waals surface area contributed by atoms with E-state index in [1.54, 1.807) is 12.1 Å². The monoisotopic (exact) mass is 337 g/mol. The van der Waals surface area contributed by atoms with Crippen molar-refractivity contribution in [1.82, 2.24) is 4.31 Å². The van der Waals surface area contributed by atoms with Crippen LogP contribution in [0.25, 0.3) is 0 Å². The maximum Gasteiger partial charge on any atom is 0.307 e. The molecule has 126 valence electrons. The molecule has 1 N–H and O–H groups in total. The molecule has 5 nitrogen and oxygen atoms in total. The molecule has 1 saturated carbocycles. The van der Waals surface area contributed by atoms with Gasteiger partial charge in [0.05, 0.1) is 10.8 Å². The van der Waals surface area contributed by atoms with E-state index >= 15 is 0 Å². The topological polar surface area (TPSA) is 74.7 Å². The van der Waals surface area contributed by atoms with E-state index in [0.29, 0.717) is 12.3 Å². The third-order valence-corrected chi connectivity index (χ3v) is 6.97. The molecule has 2 fully saturated rings. The number of aliphatic carboxylic acids is 1. The summed E-state index contributed by atoms with van der Waals surface area (Å²) in [4.78, 5) is 11.3. The lowest BCUT2D eigenvalue weighted by molar-refractivity contribution is -0.141. The van der Waals surface area contributed by atoms with Gasteiger partial charge in [-0.25, -0.2) is 8.42 Å². The van der Waals surface area contributed by atoms with Gasteiger partial charge in [-0.1, -0.05) is 31.4 Å². The van der Waals surface area contributed by atoms with E-state index in [-0.39, 0.29) is 18.0 Å². The van der Waals surface area contributed by atoms with Crippen molar-refractivity contribution in [2.24, 2.45) is 5.92 Å². The molecule has 0 spiro atoms. The molecule has 1 aliphatic heterocycles. The van der Waals surface area contributed by atoms with Crippen molar-refractivity contribution in [3.05, 3.63) is 29.8 Å². The molecule has 1 aliphatic carbocycles. The second-order valence-corrected chi connectivity index (χ2v) is 8.53. The minimum absolute atomic E-state index is 0.0715. The summed E-state index contributed by atoms with van der Waals surface area (Å²) in [5, 5.41) is 9.03. The van der Waals surface area contributed by atoms with E-state index in [1.165, 1.54) is 42.0 Å². The van der Waals surface area contributed by atoms with Crippen LogP contribution in [0.3, 0.4) is 0 Å². The average molecular weight is 337 g/mol. The average Bonchev–Trinajstić information content (AvgIpc) is 3.07. The lowest BCUT2D eigenvalue weighted by Crippen LogP contribution is -2.30. The summed E-state index contributed by atoms with van der Waals surface area (Å²) < 4.78 is 26.5. The zero-order chi connectivity index (χ0) is 16.4. The SMILES string of the molecule is O=C(O)C1CCN(S(=O)(=O)c2ccc(C3CCCCC3)cc2)C1. The highest BCUT2D eigenvalue weighted by molar-refractivity contribution is 7.89. The Bertz CT molecular complexity index is 662. The quantitative estimate of drug-likeness (QED) is 0.917. The number of sulfonamides is 1. The minimum atomic E-state index is -3.58. The Labute approximate surface area is 137 Å². The van der Waals surface area contributed by atoms with Crippen molar-refractivity contribution in [3.63, 3.8) is 0 Å². The van der Waals surface area contributed by atoms with Crippen LogP contribution in [0.5, 0.6) is 0 Å². The minimum Gasteiger partial charge on any atom is -0.481 e. The Kier molecular flexibility index (Phi) is 4.73. The Morgan fingerprint density at radius 3 is 2.26 bits per heavy atom. The predicted molar refractivity (Wildman–Crippen MR) is 86.8 cm³/mol.